The third kappa shape index (κ3) is 5.36. The second-order valence-electron chi connectivity index (χ2n) is 6.03. The number of carbonyl (C=O) groups is 1. The van der Waals surface area contributed by atoms with Crippen LogP contribution in [0, 0.1) is 0 Å². The molecule has 0 aliphatic rings. The molecule has 0 bridgehead atoms. The molecule has 0 radical (unpaired) electrons. The highest BCUT2D eigenvalue weighted by atomic mass is 16.5. The van der Waals surface area contributed by atoms with Gasteiger partial charge in [-0.15, -0.1) is 0 Å². The molecule has 0 aliphatic carbocycles. The van der Waals surface area contributed by atoms with Crippen LogP contribution in [0.25, 0.3) is 0 Å². The zero-order valence-corrected chi connectivity index (χ0v) is 15.1. The molecule has 1 unspecified atom stereocenters. The number of rotatable bonds is 8. The molecule has 2 N–H and O–H groups in total. The molecule has 27 heavy (non-hydrogen) atoms. The van der Waals surface area contributed by atoms with Crippen LogP contribution in [0.5, 0.6) is 5.75 Å². The van der Waals surface area contributed by atoms with E-state index in [0.717, 1.165) is 16.7 Å². The van der Waals surface area contributed by atoms with Crippen molar-refractivity contribution in [3.05, 3.63) is 90.0 Å². The predicted molar refractivity (Wildman–Crippen MR) is 103 cm³/mol. The summed E-state index contributed by atoms with van der Waals surface area (Å²) in [5.41, 5.74) is 2.84. The second kappa shape index (κ2) is 9.45. The largest absolute Gasteiger partial charge is 0.497 e. The van der Waals surface area contributed by atoms with Crippen molar-refractivity contribution < 1.29 is 9.53 Å². The summed E-state index contributed by atoms with van der Waals surface area (Å²) < 4.78 is 5.30. The van der Waals surface area contributed by atoms with Crippen molar-refractivity contribution in [3.63, 3.8) is 0 Å². The Kier molecular flexibility index (Phi) is 6.49. The number of carbonyl (C=O) groups excluding carboxylic acids is 1. The lowest BCUT2D eigenvalue weighted by Gasteiger charge is -2.19. The van der Waals surface area contributed by atoms with Gasteiger partial charge in [0, 0.05) is 37.9 Å². The molecule has 0 spiro atoms. The Balaban J connectivity index is 1.74. The van der Waals surface area contributed by atoms with Crippen LogP contribution in [0.1, 0.15) is 22.7 Å². The van der Waals surface area contributed by atoms with Crippen molar-refractivity contribution in [2.75, 3.05) is 7.11 Å². The van der Waals surface area contributed by atoms with E-state index < -0.39 is 6.04 Å². The number of pyridine rings is 2. The Labute approximate surface area is 158 Å². The van der Waals surface area contributed by atoms with Gasteiger partial charge in [-0.25, -0.2) is 0 Å². The van der Waals surface area contributed by atoms with Gasteiger partial charge in [-0.05, 0) is 47.0 Å². The highest BCUT2D eigenvalue weighted by Gasteiger charge is 2.20. The van der Waals surface area contributed by atoms with Crippen molar-refractivity contribution in [3.8, 4) is 5.75 Å². The zero-order chi connectivity index (χ0) is 18.9. The Morgan fingerprint density at radius 1 is 1.00 bits per heavy atom. The molecule has 1 amide bonds. The molecule has 2 aromatic heterocycles. The van der Waals surface area contributed by atoms with Crippen molar-refractivity contribution >= 4 is 5.91 Å². The van der Waals surface area contributed by atoms with E-state index >= 15 is 0 Å². The first-order valence-electron chi connectivity index (χ1n) is 8.69. The van der Waals surface area contributed by atoms with Crippen molar-refractivity contribution in [2.24, 2.45) is 0 Å². The minimum absolute atomic E-state index is 0.107. The lowest BCUT2D eigenvalue weighted by atomic mass is 10.0. The Hall–Kier alpha value is -3.25. The topological polar surface area (TPSA) is 76.1 Å². The van der Waals surface area contributed by atoms with Crippen molar-refractivity contribution in [1.82, 2.24) is 20.6 Å². The van der Waals surface area contributed by atoms with Gasteiger partial charge in [0.15, 0.2) is 0 Å². The molecule has 1 aromatic carbocycles. The third-order valence-corrected chi connectivity index (χ3v) is 4.14. The maximum absolute atomic E-state index is 12.9. The average molecular weight is 362 g/mol. The minimum atomic E-state index is -0.512. The van der Waals surface area contributed by atoms with Gasteiger partial charge in [-0.3, -0.25) is 20.1 Å². The van der Waals surface area contributed by atoms with Crippen LogP contribution >= 0.6 is 0 Å². The molecule has 6 heteroatoms. The van der Waals surface area contributed by atoms with Crippen LogP contribution in [0.2, 0.25) is 0 Å². The highest BCUT2D eigenvalue weighted by Crippen LogP contribution is 2.20. The van der Waals surface area contributed by atoms with Gasteiger partial charge in [0.25, 0.3) is 0 Å². The fourth-order valence-electron chi connectivity index (χ4n) is 2.70. The molecule has 0 saturated heterocycles. The zero-order valence-electron chi connectivity index (χ0n) is 15.1. The smallest absolute Gasteiger partial charge is 0.242 e. The summed E-state index contributed by atoms with van der Waals surface area (Å²) in [6.07, 6.45) is 6.93. The number of amides is 1. The Morgan fingerprint density at radius 2 is 1.85 bits per heavy atom. The fraction of sp³-hybridized carbons (Fsp3) is 0.190. The Morgan fingerprint density at radius 3 is 2.59 bits per heavy atom. The van der Waals surface area contributed by atoms with E-state index in [4.69, 9.17) is 4.74 Å². The van der Waals surface area contributed by atoms with Crippen LogP contribution in [0.4, 0.5) is 0 Å². The normalized spacial score (nSPS) is 11.6. The summed E-state index contributed by atoms with van der Waals surface area (Å²) in [5.74, 6) is 0.603. The standard InChI is InChI=1S/C21H22N4O2/c1-27-19-6-2-5-18(12-19)20(24-15-17-4-3-9-23-13-17)21(26)25-14-16-7-10-22-11-8-16/h2-13,20,24H,14-15H2,1H3,(H,25,26). The monoisotopic (exact) mass is 362 g/mol. The number of nitrogens with one attached hydrogen (secondary N) is 2. The summed E-state index contributed by atoms with van der Waals surface area (Å²) in [4.78, 5) is 21.0. The van der Waals surface area contributed by atoms with E-state index in [1.807, 2.05) is 48.5 Å². The number of methoxy groups -OCH3 is 1. The first-order valence-corrected chi connectivity index (χ1v) is 8.69. The van der Waals surface area contributed by atoms with Gasteiger partial charge in [0.1, 0.15) is 11.8 Å². The third-order valence-electron chi connectivity index (χ3n) is 4.14. The molecule has 3 aromatic rings. The number of benzene rings is 1. The van der Waals surface area contributed by atoms with E-state index in [0.29, 0.717) is 18.8 Å². The SMILES string of the molecule is COc1cccc(C(NCc2cccnc2)C(=O)NCc2ccncc2)c1. The summed E-state index contributed by atoms with van der Waals surface area (Å²) in [6, 6.07) is 14.6. The number of ether oxygens (including phenoxy) is 1. The molecule has 3 rings (SSSR count). The predicted octanol–water partition coefficient (Wildman–Crippen LogP) is 2.63. The lowest BCUT2D eigenvalue weighted by Crippen LogP contribution is -2.37. The first-order chi connectivity index (χ1) is 13.3. The van der Waals surface area contributed by atoms with Gasteiger partial charge in [0.2, 0.25) is 5.91 Å². The van der Waals surface area contributed by atoms with Gasteiger partial charge in [-0.2, -0.15) is 0 Å². The maximum Gasteiger partial charge on any atom is 0.242 e. The van der Waals surface area contributed by atoms with Crippen molar-refractivity contribution in [2.45, 2.75) is 19.1 Å². The van der Waals surface area contributed by atoms with Crippen LogP contribution in [-0.2, 0) is 17.9 Å². The number of hydrogen-bond donors (Lipinski definition) is 2. The van der Waals surface area contributed by atoms with Gasteiger partial charge < -0.3 is 10.1 Å². The number of nitrogens with zero attached hydrogens (tertiary/aromatic N) is 2. The van der Waals surface area contributed by atoms with Crippen LogP contribution < -0.4 is 15.4 Å². The van der Waals surface area contributed by atoms with Crippen LogP contribution in [0.15, 0.2) is 73.3 Å². The molecular formula is C21H22N4O2. The molecule has 0 aliphatic heterocycles. The molecule has 1 atom stereocenters. The molecule has 6 nitrogen and oxygen atoms in total. The molecule has 2 heterocycles. The molecule has 0 fully saturated rings. The van der Waals surface area contributed by atoms with E-state index in [2.05, 4.69) is 20.6 Å². The summed E-state index contributed by atoms with van der Waals surface area (Å²) in [7, 11) is 1.61. The van der Waals surface area contributed by atoms with E-state index in [1.54, 1.807) is 31.9 Å². The number of hydrogen-bond acceptors (Lipinski definition) is 5. The summed E-state index contributed by atoms with van der Waals surface area (Å²) in [6.45, 7) is 0.967. The minimum Gasteiger partial charge on any atom is -0.497 e. The molecular weight excluding hydrogens is 340 g/mol. The summed E-state index contributed by atoms with van der Waals surface area (Å²) >= 11 is 0. The lowest BCUT2D eigenvalue weighted by molar-refractivity contribution is -0.123. The van der Waals surface area contributed by atoms with Gasteiger partial charge >= 0.3 is 0 Å². The van der Waals surface area contributed by atoms with E-state index in [1.165, 1.54) is 0 Å². The van der Waals surface area contributed by atoms with Crippen molar-refractivity contribution in [1.29, 1.82) is 0 Å². The number of aromatic nitrogens is 2. The quantitative estimate of drug-likeness (QED) is 0.644. The maximum atomic E-state index is 12.9. The average Bonchev–Trinajstić information content (AvgIpc) is 2.74. The van der Waals surface area contributed by atoms with E-state index in [9.17, 15) is 4.79 Å². The van der Waals surface area contributed by atoms with Crippen LogP contribution in [-0.4, -0.2) is 23.0 Å². The highest BCUT2D eigenvalue weighted by molar-refractivity contribution is 5.83. The van der Waals surface area contributed by atoms with E-state index in [-0.39, 0.29) is 5.91 Å². The fourth-order valence-corrected chi connectivity index (χ4v) is 2.70. The molecule has 0 saturated carbocycles. The van der Waals surface area contributed by atoms with Crippen LogP contribution in [0.3, 0.4) is 0 Å². The van der Waals surface area contributed by atoms with Gasteiger partial charge in [-0.1, -0.05) is 18.2 Å². The second-order valence-corrected chi connectivity index (χ2v) is 6.03. The first kappa shape index (κ1) is 18.5. The molecule has 138 valence electrons. The van der Waals surface area contributed by atoms with Gasteiger partial charge in [0.05, 0.1) is 7.11 Å². The Bertz CT molecular complexity index is 856. The summed E-state index contributed by atoms with van der Waals surface area (Å²) in [5, 5.41) is 6.31.